The van der Waals surface area contributed by atoms with Gasteiger partial charge in [-0.15, -0.1) is 0 Å². The van der Waals surface area contributed by atoms with Crippen molar-refractivity contribution in [3.63, 3.8) is 0 Å². The Hall–Kier alpha value is -0.610. The minimum absolute atomic E-state index is 0.186. The van der Waals surface area contributed by atoms with Crippen LogP contribution in [-0.4, -0.2) is 36.6 Å². The van der Waals surface area contributed by atoms with Crippen molar-refractivity contribution in [2.75, 3.05) is 19.6 Å². The molecule has 0 aromatic heterocycles. The van der Waals surface area contributed by atoms with Gasteiger partial charge < -0.3 is 5.32 Å². The first-order valence-corrected chi connectivity index (χ1v) is 5.07. The molecule has 2 saturated heterocycles. The van der Waals surface area contributed by atoms with Crippen LogP contribution in [0.5, 0.6) is 0 Å². The van der Waals surface area contributed by atoms with Crippen LogP contribution in [0.15, 0.2) is 0 Å². The van der Waals surface area contributed by atoms with E-state index < -0.39 is 0 Å². The Morgan fingerprint density at radius 2 is 2.31 bits per heavy atom. The van der Waals surface area contributed by atoms with Gasteiger partial charge in [0.15, 0.2) is 0 Å². The fourth-order valence-corrected chi connectivity index (χ4v) is 2.11. The number of hydrogen-bond acceptors (Lipinski definition) is 3. The zero-order chi connectivity index (χ0) is 9.26. The van der Waals surface area contributed by atoms with Gasteiger partial charge in [-0.2, -0.15) is 0 Å². The molecule has 0 spiro atoms. The summed E-state index contributed by atoms with van der Waals surface area (Å²) in [5.74, 6) is 0.459. The summed E-state index contributed by atoms with van der Waals surface area (Å²) in [5.41, 5.74) is 3.11. The highest BCUT2D eigenvalue weighted by atomic mass is 16.2. The molecule has 2 fully saturated rings. The molecule has 2 aliphatic heterocycles. The second kappa shape index (κ2) is 3.64. The quantitative estimate of drug-likeness (QED) is 0.588. The highest BCUT2D eigenvalue weighted by Gasteiger charge is 2.33. The van der Waals surface area contributed by atoms with Gasteiger partial charge in [0.2, 0.25) is 5.91 Å². The van der Waals surface area contributed by atoms with Crippen LogP contribution in [0.4, 0.5) is 0 Å². The molecule has 2 atom stereocenters. The first-order chi connectivity index (χ1) is 6.29. The van der Waals surface area contributed by atoms with E-state index >= 15 is 0 Å². The number of carbonyl (C=O) groups excluding carboxylic acids is 1. The Bertz CT molecular complexity index is 201. The first kappa shape index (κ1) is 8.97. The zero-order valence-corrected chi connectivity index (χ0v) is 8.05. The van der Waals surface area contributed by atoms with Crippen LogP contribution >= 0.6 is 0 Å². The Labute approximate surface area is 78.6 Å². The molecule has 0 radical (unpaired) electrons. The third kappa shape index (κ3) is 1.69. The van der Waals surface area contributed by atoms with Gasteiger partial charge in [-0.05, 0) is 26.3 Å². The molecule has 2 unspecified atom stereocenters. The van der Waals surface area contributed by atoms with E-state index in [9.17, 15) is 4.79 Å². The topological polar surface area (TPSA) is 44.4 Å². The first-order valence-electron chi connectivity index (χ1n) is 5.07. The molecule has 0 bridgehead atoms. The molecular weight excluding hydrogens is 166 g/mol. The van der Waals surface area contributed by atoms with Crippen molar-refractivity contribution in [3.8, 4) is 0 Å². The second-order valence-corrected chi connectivity index (χ2v) is 3.89. The SMILES string of the molecule is CC1NCCC1C(=O)N1CCCN1. The standard InChI is InChI=1S/C9H17N3O/c1-7-8(3-5-10-7)9(13)12-6-2-4-11-12/h7-8,10-11H,2-6H2,1H3. The molecule has 13 heavy (non-hydrogen) atoms. The second-order valence-electron chi connectivity index (χ2n) is 3.89. The summed E-state index contributed by atoms with van der Waals surface area (Å²) in [6, 6.07) is 0.342. The van der Waals surface area contributed by atoms with Crippen molar-refractivity contribution in [1.82, 2.24) is 15.8 Å². The number of hydrazine groups is 1. The molecule has 2 N–H and O–H groups in total. The zero-order valence-electron chi connectivity index (χ0n) is 8.05. The van der Waals surface area contributed by atoms with Crippen LogP contribution in [0, 0.1) is 5.92 Å². The van der Waals surface area contributed by atoms with Gasteiger partial charge in [0, 0.05) is 19.1 Å². The van der Waals surface area contributed by atoms with Gasteiger partial charge in [0.1, 0.15) is 0 Å². The highest BCUT2D eigenvalue weighted by Crippen LogP contribution is 2.18. The summed E-state index contributed by atoms with van der Waals surface area (Å²) in [6.07, 6.45) is 2.07. The van der Waals surface area contributed by atoms with E-state index in [0.717, 1.165) is 32.5 Å². The normalized spacial score (nSPS) is 34.1. The van der Waals surface area contributed by atoms with Crippen LogP contribution < -0.4 is 10.7 Å². The predicted octanol–water partition coefficient (Wildman–Crippen LogP) is -0.279. The molecule has 74 valence electrons. The molecule has 2 heterocycles. The molecule has 4 heteroatoms. The Morgan fingerprint density at radius 3 is 2.85 bits per heavy atom. The van der Waals surface area contributed by atoms with E-state index in [1.165, 1.54) is 0 Å². The smallest absolute Gasteiger partial charge is 0.241 e. The van der Waals surface area contributed by atoms with Gasteiger partial charge in [0.25, 0.3) is 0 Å². The average Bonchev–Trinajstić information content (AvgIpc) is 2.72. The summed E-state index contributed by atoms with van der Waals surface area (Å²) in [5, 5.41) is 5.08. The summed E-state index contributed by atoms with van der Waals surface area (Å²) in [4.78, 5) is 11.9. The van der Waals surface area contributed by atoms with Crippen LogP contribution in [-0.2, 0) is 4.79 Å². The van der Waals surface area contributed by atoms with Crippen LogP contribution in [0.25, 0.3) is 0 Å². The fraction of sp³-hybridized carbons (Fsp3) is 0.889. The third-order valence-corrected chi connectivity index (χ3v) is 2.97. The average molecular weight is 183 g/mol. The minimum Gasteiger partial charge on any atom is -0.313 e. The lowest BCUT2D eigenvalue weighted by molar-refractivity contribution is -0.137. The van der Waals surface area contributed by atoms with Crippen LogP contribution in [0.1, 0.15) is 19.8 Å². The van der Waals surface area contributed by atoms with E-state index in [1.54, 1.807) is 5.01 Å². The number of rotatable bonds is 1. The van der Waals surface area contributed by atoms with E-state index in [0.29, 0.717) is 6.04 Å². The minimum atomic E-state index is 0.186. The van der Waals surface area contributed by atoms with E-state index in [-0.39, 0.29) is 11.8 Å². The predicted molar refractivity (Wildman–Crippen MR) is 49.9 cm³/mol. The third-order valence-electron chi connectivity index (χ3n) is 2.97. The number of amides is 1. The monoisotopic (exact) mass is 183 g/mol. The van der Waals surface area contributed by atoms with E-state index in [2.05, 4.69) is 17.7 Å². The molecular formula is C9H17N3O. The van der Waals surface area contributed by atoms with Crippen molar-refractivity contribution < 1.29 is 4.79 Å². The highest BCUT2D eigenvalue weighted by molar-refractivity contribution is 5.79. The van der Waals surface area contributed by atoms with Crippen molar-refractivity contribution in [1.29, 1.82) is 0 Å². The molecule has 0 saturated carbocycles. The summed E-state index contributed by atoms with van der Waals surface area (Å²) >= 11 is 0. The number of hydrogen-bond donors (Lipinski definition) is 2. The van der Waals surface area contributed by atoms with Crippen molar-refractivity contribution in [2.24, 2.45) is 5.92 Å². The molecule has 2 aliphatic rings. The number of nitrogens with one attached hydrogen (secondary N) is 2. The lowest BCUT2D eigenvalue weighted by Gasteiger charge is -2.22. The largest absolute Gasteiger partial charge is 0.313 e. The fourth-order valence-electron chi connectivity index (χ4n) is 2.11. The number of carbonyl (C=O) groups is 1. The van der Waals surface area contributed by atoms with Gasteiger partial charge in [0.05, 0.1) is 5.92 Å². The Balaban J connectivity index is 1.95. The van der Waals surface area contributed by atoms with Crippen molar-refractivity contribution >= 4 is 5.91 Å². The van der Waals surface area contributed by atoms with E-state index in [1.807, 2.05) is 0 Å². The maximum Gasteiger partial charge on any atom is 0.241 e. The summed E-state index contributed by atoms with van der Waals surface area (Å²) in [6.45, 7) is 4.89. The molecule has 1 amide bonds. The maximum absolute atomic E-state index is 11.9. The molecule has 2 rings (SSSR count). The lowest BCUT2D eigenvalue weighted by Crippen LogP contribution is -2.43. The van der Waals surface area contributed by atoms with Crippen LogP contribution in [0.2, 0.25) is 0 Å². The number of nitrogens with zero attached hydrogens (tertiary/aromatic N) is 1. The summed E-state index contributed by atoms with van der Waals surface area (Å²) < 4.78 is 0. The van der Waals surface area contributed by atoms with Gasteiger partial charge >= 0.3 is 0 Å². The van der Waals surface area contributed by atoms with Crippen molar-refractivity contribution in [3.05, 3.63) is 0 Å². The molecule has 0 aromatic carbocycles. The van der Waals surface area contributed by atoms with Crippen LogP contribution in [0.3, 0.4) is 0 Å². The van der Waals surface area contributed by atoms with Gasteiger partial charge in [-0.25, -0.2) is 5.43 Å². The van der Waals surface area contributed by atoms with Gasteiger partial charge in [-0.3, -0.25) is 9.80 Å². The van der Waals surface area contributed by atoms with E-state index in [4.69, 9.17) is 0 Å². The molecule has 0 aromatic rings. The Kier molecular flexibility index (Phi) is 2.51. The maximum atomic E-state index is 11.9. The van der Waals surface area contributed by atoms with Gasteiger partial charge in [-0.1, -0.05) is 0 Å². The Morgan fingerprint density at radius 1 is 1.46 bits per heavy atom. The molecule has 4 nitrogen and oxygen atoms in total. The summed E-state index contributed by atoms with van der Waals surface area (Å²) in [7, 11) is 0. The lowest BCUT2D eigenvalue weighted by atomic mass is 10.0. The van der Waals surface area contributed by atoms with Crippen molar-refractivity contribution in [2.45, 2.75) is 25.8 Å². The molecule has 0 aliphatic carbocycles.